The normalized spacial score (nSPS) is 9.90. The summed E-state index contributed by atoms with van der Waals surface area (Å²) in [5.41, 5.74) is 0.751. The number of hydrogen-bond acceptors (Lipinski definition) is 8. The number of nitro groups is 1. The van der Waals surface area contributed by atoms with Crippen LogP contribution in [0.2, 0.25) is 0 Å². The van der Waals surface area contributed by atoms with Crippen molar-refractivity contribution in [1.29, 1.82) is 0 Å². The minimum Gasteiger partial charge on any atom is -0.494 e. The van der Waals surface area contributed by atoms with E-state index < -0.39 is 16.9 Å². The van der Waals surface area contributed by atoms with Gasteiger partial charge in [-0.15, -0.1) is 0 Å². The Kier molecular flexibility index (Phi) is 7.04. The van der Waals surface area contributed by atoms with E-state index in [2.05, 4.69) is 15.4 Å². The van der Waals surface area contributed by atoms with Crippen molar-refractivity contribution in [3.63, 3.8) is 0 Å². The molecule has 2 aromatic carbocycles. The van der Waals surface area contributed by atoms with Gasteiger partial charge >= 0.3 is 11.9 Å². The van der Waals surface area contributed by atoms with Gasteiger partial charge in [0.15, 0.2) is 5.11 Å². The lowest BCUT2D eigenvalue weighted by Crippen LogP contribution is -2.21. The lowest BCUT2D eigenvalue weighted by molar-refractivity contribution is -0.384. The van der Waals surface area contributed by atoms with Crippen molar-refractivity contribution in [2.24, 2.45) is 0 Å². The van der Waals surface area contributed by atoms with Crippen LogP contribution in [-0.4, -0.2) is 43.3 Å². The average molecular weight is 419 g/mol. The molecule has 0 atom stereocenters. The summed E-state index contributed by atoms with van der Waals surface area (Å²) in [5, 5.41) is 16.6. The van der Waals surface area contributed by atoms with Gasteiger partial charge in [0.05, 0.1) is 54.8 Å². The summed E-state index contributed by atoms with van der Waals surface area (Å²) in [5.74, 6) is -1.04. The maximum Gasteiger partial charge on any atom is 0.339 e. The molecule has 0 heterocycles. The van der Waals surface area contributed by atoms with E-state index in [9.17, 15) is 19.7 Å². The third-order valence-electron chi connectivity index (χ3n) is 3.74. The molecule has 29 heavy (non-hydrogen) atoms. The van der Waals surface area contributed by atoms with Crippen LogP contribution in [0.3, 0.4) is 0 Å². The van der Waals surface area contributed by atoms with Crippen LogP contribution < -0.4 is 15.4 Å². The molecule has 0 saturated heterocycles. The molecule has 0 unspecified atom stereocenters. The quantitative estimate of drug-likeness (QED) is 0.312. The number of thiocarbonyl (C=S) groups is 1. The smallest absolute Gasteiger partial charge is 0.339 e. The first-order valence-corrected chi connectivity index (χ1v) is 8.42. The van der Waals surface area contributed by atoms with Gasteiger partial charge in [0.2, 0.25) is 0 Å². The van der Waals surface area contributed by atoms with Crippen LogP contribution in [0.1, 0.15) is 20.7 Å². The molecule has 0 bridgehead atoms. The number of non-ortho nitro benzene ring substituents is 1. The van der Waals surface area contributed by atoms with E-state index in [1.165, 1.54) is 57.7 Å². The number of carbonyl (C=O) groups excluding carboxylic acids is 2. The third-order valence-corrected chi connectivity index (χ3v) is 3.94. The number of carbonyl (C=O) groups is 2. The molecule has 11 heteroatoms. The first-order valence-electron chi connectivity index (χ1n) is 8.01. The number of nitrogens with zero attached hydrogens (tertiary/aromatic N) is 1. The van der Waals surface area contributed by atoms with E-state index in [-0.39, 0.29) is 33.4 Å². The molecule has 0 saturated carbocycles. The van der Waals surface area contributed by atoms with Crippen LogP contribution >= 0.6 is 12.2 Å². The van der Waals surface area contributed by atoms with E-state index in [0.29, 0.717) is 5.69 Å². The van der Waals surface area contributed by atoms with E-state index >= 15 is 0 Å². The van der Waals surface area contributed by atoms with Crippen molar-refractivity contribution in [3.05, 3.63) is 57.6 Å². The van der Waals surface area contributed by atoms with Crippen LogP contribution in [-0.2, 0) is 9.47 Å². The Morgan fingerprint density at radius 2 is 1.62 bits per heavy atom. The van der Waals surface area contributed by atoms with E-state index in [0.717, 1.165) is 0 Å². The molecule has 0 aromatic heterocycles. The molecule has 0 aliphatic rings. The SMILES string of the molecule is COC(=O)c1ccc(C(=O)OC)c(NC(=S)Nc2ccc([N+](=O)[O-])cc2OC)c1. The molecule has 152 valence electrons. The molecule has 10 nitrogen and oxygen atoms in total. The Labute approximate surface area is 170 Å². The van der Waals surface area contributed by atoms with Gasteiger partial charge in [-0.25, -0.2) is 9.59 Å². The zero-order valence-electron chi connectivity index (χ0n) is 15.7. The van der Waals surface area contributed by atoms with Crippen molar-refractivity contribution in [1.82, 2.24) is 0 Å². The van der Waals surface area contributed by atoms with Gasteiger partial charge in [-0.2, -0.15) is 0 Å². The molecular formula is C18H17N3O7S. The summed E-state index contributed by atoms with van der Waals surface area (Å²) in [4.78, 5) is 34.1. The van der Waals surface area contributed by atoms with Crippen LogP contribution in [0.5, 0.6) is 5.75 Å². The van der Waals surface area contributed by atoms with Gasteiger partial charge in [-0.05, 0) is 36.5 Å². The summed E-state index contributed by atoms with van der Waals surface area (Å²) in [6.07, 6.45) is 0. The highest BCUT2D eigenvalue weighted by molar-refractivity contribution is 7.80. The highest BCUT2D eigenvalue weighted by Crippen LogP contribution is 2.29. The topological polar surface area (TPSA) is 129 Å². The van der Waals surface area contributed by atoms with Gasteiger partial charge in [-0.3, -0.25) is 10.1 Å². The third kappa shape index (κ3) is 5.17. The monoisotopic (exact) mass is 419 g/mol. The van der Waals surface area contributed by atoms with Gasteiger partial charge in [0.25, 0.3) is 5.69 Å². The van der Waals surface area contributed by atoms with Gasteiger partial charge in [0.1, 0.15) is 5.75 Å². The Morgan fingerprint density at radius 3 is 2.21 bits per heavy atom. The number of anilines is 2. The molecule has 0 aliphatic heterocycles. The molecule has 2 aromatic rings. The molecule has 0 fully saturated rings. The second-order valence-corrected chi connectivity index (χ2v) is 5.87. The number of esters is 2. The van der Waals surface area contributed by atoms with Crippen LogP contribution in [0.4, 0.5) is 17.1 Å². The number of nitro benzene ring substituents is 1. The van der Waals surface area contributed by atoms with Gasteiger partial charge < -0.3 is 24.8 Å². The van der Waals surface area contributed by atoms with Gasteiger partial charge in [-0.1, -0.05) is 0 Å². The average Bonchev–Trinajstić information content (AvgIpc) is 2.72. The standard InChI is InChI=1S/C18H17N3O7S/c1-26-15-9-11(21(24)25)5-7-13(15)19-18(29)20-14-8-10(16(22)27-2)4-6-12(14)17(23)28-3/h4-9H,1-3H3,(H2,19,20,29). The van der Waals surface area contributed by atoms with Crippen molar-refractivity contribution >= 4 is 46.3 Å². The predicted octanol–water partition coefficient (Wildman–Crippen LogP) is 2.99. The van der Waals surface area contributed by atoms with Crippen LogP contribution in [0.25, 0.3) is 0 Å². The number of rotatable bonds is 6. The van der Waals surface area contributed by atoms with Crippen molar-refractivity contribution in [2.75, 3.05) is 32.0 Å². The second-order valence-electron chi connectivity index (χ2n) is 5.46. The summed E-state index contributed by atoms with van der Waals surface area (Å²) in [6, 6.07) is 8.15. The zero-order chi connectivity index (χ0) is 21.6. The first-order chi connectivity index (χ1) is 13.8. The van der Waals surface area contributed by atoms with E-state index in [4.69, 9.17) is 21.7 Å². The van der Waals surface area contributed by atoms with Crippen LogP contribution in [0, 0.1) is 10.1 Å². The first kappa shape index (κ1) is 21.6. The molecular weight excluding hydrogens is 402 g/mol. The molecule has 2 N–H and O–H groups in total. The number of hydrogen-bond donors (Lipinski definition) is 2. The Balaban J connectivity index is 2.31. The molecule has 2 rings (SSSR count). The van der Waals surface area contributed by atoms with Crippen molar-refractivity contribution in [2.45, 2.75) is 0 Å². The maximum atomic E-state index is 12.0. The Hall–Kier alpha value is -3.73. The highest BCUT2D eigenvalue weighted by Gasteiger charge is 2.17. The van der Waals surface area contributed by atoms with Crippen molar-refractivity contribution < 1.29 is 28.7 Å². The zero-order valence-corrected chi connectivity index (χ0v) is 16.5. The number of ether oxygens (including phenoxy) is 3. The maximum absolute atomic E-state index is 12.0. The summed E-state index contributed by atoms with van der Waals surface area (Å²) in [6.45, 7) is 0. The van der Waals surface area contributed by atoms with Gasteiger partial charge in [0, 0.05) is 6.07 Å². The van der Waals surface area contributed by atoms with Crippen LogP contribution in [0.15, 0.2) is 36.4 Å². The summed E-state index contributed by atoms with van der Waals surface area (Å²) in [7, 11) is 3.81. The summed E-state index contributed by atoms with van der Waals surface area (Å²) >= 11 is 5.25. The molecule has 0 aliphatic carbocycles. The second kappa shape index (κ2) is 9.46. The predicted molar refractivity (Wildman–Crippen MR) is 109 cm³/mol. The van der Waals surface area contributed by atoms with Crippen molar-refractivity contribution in [3.8, 4) is 5.75 Å². The lowest BCUT2D eigenvalue weighted by Gasteiger charge is -2.15. The summed E-state index contributed by atoms with van der Waals surface area (Å²) < 4.78 is 14.6. The fourth-order valence-corrected chi connectivity index (χ4v) is 2.57. The number of benzene rings is 2. The largest absolute Gasteiger partial charge is 0.494 e. The molecule has 0 spiro atoms. The van der Waals surface area contributed by atoms with E-state index in [1.807, 2.05) is 0 Å². The molecule has 0 amide bonds. The lowest BCUT2D eigenvalue weighted by atomic mass is 10.1. The molecule has 0 radical (unpaired) electrons. The highest BCUT2D eigenvalue weighted by atomic mass is 32.1. The minimum absolute atomic E-state index is 0.0457. The number of methoxy groups -OCH3 is 3. The Morgan fingerprint density at radius 1 is 0.966 bits per heavy atom. The minimum atomic E-state index is -0.639. The van der Waals surface area contributed by atoms with E-state index in [1.54, 1.807) is 0 Å². The Bertz CT molecular complexity index is 978. The number of nitrogens with one attached hydrogen (secondary N) is 2. The fraction of sp³-hybridized carbons (Fsp3) is 0.167. The fourth-order valence-electron chi connectivity index (χ4n) is 2.35.